The monoisotopic (exact) mass is 249 g/mol. The molecule has 98 valence electrons. The maximum atomic E-state index is 11.2. The number of likely N-dealkylation sites (tertiary alicyclic amines) is 1. The van der Waals surface area contributed by atoms with Crippen LogP contribution in [0.25, 0.3) is 0 Å². The number of fused-ring (bicyclic) bond motifs is 1. The number of imidazole rings is 1. The molecule has 18 heavy (non-hydrogen) atoms. The summed E-state index contributed by atoms with van der Waals surface area (Å²) >= 11 is 0. The zero-order valence-corrected chi connectivity index (χ0v) is 10.6. The molecule has 5 nitrogen and oxygen atoms in total. The van der Waals surface area contributed by atoms with Crippen LogP contribution >= 0.6 is 0 Å². The maximum absolute atomic E-state index is 11.2. The van der Waals surface area contributed by atoms with Crippen molar-refractivity contribution in [3.05, 3.63) is 17.2 Å². The molecule has 0 atom stereocenters. The van der Waals surface area contributed by atoms with Crippen molar-refractivity contribution in [3.8, 4) is 0 Å². The van der Waals surface area contributed by atoms with E-state index in [1.54, 1.807) is 0 Å². The summed E-state index contributed by atoms with van der Waals surface area (Å²) in [6.07, 6.45) is 5.57. The second-order valence-electron chi connectivity index (χ2n) is 5.22. The minimum absolute atomic E-state index is 0.281. The van der Waals surface area contributed by atoms with Crippen molar-refractivity contribution in [1.29, 1.82) is 0 Å². The molecular weight excluding hydrogens is 230 g/mol. The van der Waals surface area contributed by atoms with Gasteiger partial charge in [-0.2, -0.15) is 0 Å². The van der Waals surface area contributed by atoms with Gasteiger partial charge in [0.1, 0.15) is 5.82 Å². The van der Waals surface area contributed by atoms with E-state index in [-0.39, 0.29) is 5.69 Å². The third kappa shape index (κ3) is 2.03. The van der Waals surface area contributed by atoms with Gasteiger partial charge in [0.15, 0.2) is 5.69 Å². The Labute approximate surface area is 106 Å². The van der Waals surface area contributed by atoms with Crippen LogP contribution in [-0.2, 0) is 19.5 Å². The lowest BCUT2D eigenvalue weighted by atomic mass is 10.1. The second-order valence-corrected chi connectivity index (χ2v) is 5.22. The SMILES string of the molecule is O=C(O)c1nc(CN2CCCC2)n2c1CCCC2. The van der Waals surface area contributed by atoms with Gasteiger partial charge in [0.2, 0.25) is 0 Å². The first-order valence-corrected chi connectivity index (χ1v) is 6.79. The number of nitrogens with zero attached hydrogens (tertiary/aromatic N) is 3. The van der Waals surface area contributed by atoms with Gasteiger partial charge in [-0.05, 0) is 45.2 Å². The van der Waals surface area contributed by atoms with Crippen LogP contribution in [0.5, 0.6) is 0 Å². The number of aromatic carboxylic acids is 1. The van der Waals surface area contributed by atoms with E-state index in [2.05, 4.69) is 14.5 Å². The molecule has 1 fully saturated rings. The fraction of sp³-hybridized carbons (Fsp3) is 0.692. The van der Waals surface area contributed by atoms with E-state index in [1.165, 1.54) is 12.8 Å². The lowest BCUT2D eigenvalue weighted by Gasteiger charge is -2.19. The van der Waals surface area contributed by atoms with E-state index in [0.29, 0.717) is 0 Å². The van der Waals surface area contributed by atoms with Gasteiger partial charge in [0, 0.05) is 6.54 Å². The summed E-state index contributed by atoms with van der Waals surface area (Å²) in [5.41, 5.74) is 1.21. The highest BCUT2D eigenvalue weighted by atomic mass is 16.4. The Kier molecular flexibility index (Phi) is 3.07. The van der Waals surface area contributed by atoms with Crippen molar-refractivity contribution in [2.24, 2.45) is 0 Å². The Bertz CT molecular complexity index is 461. The predicted molar refractivity (Wildman–Crippen MR) is 66.6 cm³/mol. The van der Waals surface area contributed by atoms with Crippen LogP contribution in [0.2, 0.25) is 0 Å². The molecule has 1 aromatic heterocycles. The largest absolute Gasteiger partial charge is 0.476 e. The summed E-state index contributed by atoms with van der Waals surface area (Å²) in [5.74, 6) is 0.0670. The van der Waals surface area contributed by atoms with Crippen LogP contribution in [-0.4, -0.2) is 38.6 Å². The molecule has 0 aromatic carbocycles. The highest BCUT2D eigenvalue weighted by molar-refractivity contribution is 5.86. The van der Waals surface area contributed by atoms with Crippen LogP contribution in [0, 0.1) is 0 Å². The van der Waals surface area contributed by atoms with Gasteiger partial charge in [-0.1, -0.05) is 0 Å². The van der Waals surface area contributed by atoms with Crippen molar-refractivity contribution in [2.75, 3.05) is 13.1 Å². The first-order valence-electron chi connectivity index (χ1n) is 6.79. The highest BCUT2D eigenvalue weighted by Crippen LogP contribution is 2.22. The predicted octanol–water partition coefficient (Wildman–Crippen LogP) is 1.51. The van der Waals surface area contributed by atoms with Gasteiger partial charge in [-0.15, -0.1) is 0 Å². The number of hydrogen-bond acceptors (Lipinski definition) is 3. The lowest BCUT2D eigenvalue weighted by Crippen LogP contribution is -2.22. The quantitative estimate of drug-likeness (QED) is 0.882. The Morgan fingerprint density at radius 1 is 1.17 bits per heavy atom. The molecule has 5 heteroatoms. The zero-order chi connectivity index (χ0) is 12.5. The van der Waals surface area contributed by atoms with Crippen LogP contribution < -0.4 is 0 Å². The number of hydrogen-bond donors (Lipinski definition) is 1. The molecule has 1 N–H and O–H groups in total. The van der Waals surface area contributed by atoms with E-state index in [0.717, 1.165) is 57.0 Å². The molecule has 0 spiro atoms. The minimum Gasteiger partial charge on any atom is -0.476 e. The maximum Gasteiger partial charge on any atom is 0.356 e. The van der Waals surface area contributed by atoms with Crippen molar-refractivity contribution in [1.82, 2.24) is 14.5 Å². The summed E-state index contributed by atoms with van der Waals surface area (Å²) in [4.78, 5) is 18.0. The lowest BCUT2D eigenvalue weighted by molar-refractivity contribution is 0.0689. The molecular formula is C13H19N3O2. The van der Waals surface area contributed by atoms with Crippen molar-refractivity contribution < 1.29 is 9.90 Å². The van der Waals surface area contributed by atoms with Crippen LogP contribution in [0.4, 0.5) is 0 Å². The summed E-state index contributed by atoms with van der Waals surface area (Å²) in [6.45, 7) is 3.97. The average Bonchev–Trinajstić information content (AvgIpc) is 2.98. The Balaban J connectivity index is 1.90. The molecule has 1 saturated heterocycles. The van der Waals surface area contributed by atoms with Crippen LogP contribution in [0.15, 0.2) is 0 Å². The number of rotatable bonds is 3. The molecule has 0 bridgehead atoms. The number of carboxylic acid groups (broad SMARTS) is 1. The van der Waals surface area contributed by atoms with Crippen molar-refractivity contribution in [2.45, 2.75) is 45.2 Å². The topological polar surface area (TPSA) is 58.4 Å². The van der Waals surface area contributed by atoms with Gasteiger partial charge in [0.05, 0.1) is 12.2 Å². The summed E-state index contributed by atoms with van der Waals surface area (Å²) in [7, 11) is 0. The Morgan fingerprint density at radius 3 is 2.61 bits per heavy atom. The van der Waals surface area contributed by atoms with E-state index in [9.17, 15) is 9.90 Å². The molecule has 0 unspecified atom stereocenters. The Morgan fingerprint density at radius 2 is 1.89 bits per heavy atom. The fourth-order valence-corrected chi connectivity index (χ4v) is 3.05. The number of aromatic nitrogens is 2. The van der Waals surface area contributed by atoms with Crippen molar-refractivity contribution in [3.63, 3.8) is 0 Å². The molecule has 2 aliphatic heterocycles. The van der Waals surface area contributed by atoms with Gasteiger partial charge in [-0.3, -0.25) is 4.90 Å². The van der Waals surface area contributed by atoms with Gasteiger partial charge in [-0.25, -0.2) is 9.78 Å². The van der Waals surface area contributed by atoms with Crippen LogP contribution in [0.3, 0.4) is 0 Å². The first kappa shape index (κ1) is 11.7. The molecule has 0 saturated carbocycles. The van der Waals surface area contributed by atoms with E-state index in [1.807, 2.05) is 0 Å². The smallest absolute Gasteiger partial charge is 0.356 e. The molecule has 1 aromatic rings. The summed E-state index contributed by atoms with van der Waals surface area (Å²) in [6, 6.07) is 0. The van der Waals surface area contributed by atoms with E-state index in [4.69, 9.17) is 0 Å². The number of carbonyl (C=O) groups is 1. The number of carboxylic acids is 1. The molecule has 3 heterocycles. The van der Waals surface area contributed by atoms with E-state index >= 15 is 0 Å². The second kappa shape index (κ2) is 4.72. The third-order valence-electron chi connectivity index (χ3n) is 3.96. The summed E-state index contributed by atoms with van der Waals surface area (Å²) in [5, 5.41) is 9.23. The molecule has 2 aliphatic rings. The molecule has 0 aliphatic carbocycles. The molecule has 3 rings (SSSR count). The van der Waals surface area contributed by atoms with E-state index < -0.39 is 5.97 Å². The van der Waals surface area contributed by atoms with Gasteiger partial charge in [0.25, 0.3) is 0 Å². The standard InChI is InChI=1S/C13H19N3O2/c17-13(18)12-10-5-1-2-8-16(10)11(14-12)9-15-6-3-4-7-15/h1-9H2,(H,17,18). The fourth-order valence-electron chi connectivity index (χ4n) is 3.05. The summed E-state index contributed by atoms with van der Waals surface area (Å²) < 4.78 is 2.14. The normalized spacial score (nSPS) is 20.0. The van der Waals surface area contributed by atoms with Crippen LogP contribution in [0.1, 0.15) is 47.7 Å². The zero-order valence-electron chi connectivity index (χ0n) is 10.6. The van der Waals surface area contributed by atoms with Gasteiger partial charge >= 0.3 is 5.97 Å². The third-order valence-corrected chi connectivity index (χ3v) is 3.96. The first-order chi connectivity index (χ1) is 8.75. The average molecular weight is 249 g/mol. The molecule has 0 radical (unpaired) electrons. The van der Waals surface area contributed by atoms with Gasteiger partial charge < -0.3 is 9.67 Å². The Hall–Kier alpha value is -1.36. The highest BCUT2D eigenvalue weighted by Gasteiger charge is 2.25. The van der Waals surface area contributed by atoms with Crippen molar-refractivity contribution >= 4 is 5.97 Å². The molecule has 0 amide bonds. The minimum atomic E-state index is -0.881.